The monoisotopic (exact) mass is 301 g/mol. The van der Waals surface area contributed by atoms with Crippen LogP contribution in [0.3, 0.4) is 0 Å². The molecule has 0 aromatic carbocycles. The Labute approximate surface area is 122 Å². The predicted molar refractivity (Wildman–Crippen MR) is 73.5 cm³/mol. The van der Waals surface area contributed by atoms with Gasteiger partial charge in [-0.1, -0.05) is 20.8 Å². The summed E-state index contributed by atoms with van der Waals surface area (Å²) >= 11 is 11.6. The van der Waals surface area contributed by atoms with E-state index in [0.717, 1.165) is 6.42 Å². The van der Waals surface area contributed by atoms with E-state index in [2.05, 4.69) is 35.7 Å². The van der Waals surface area contributed by atoms with E-state index in [4.69, 9.17) is 27.9 Å². The molecule has 2 fully saturated rings. The third kappa shape index (κ3) is 1.91. The van der Waals surface area contributed by atoms with Gasteiger partial charge in [0.15, 0.2) is 0 Å². The van der Waals surface area contributed by atoms with Crippen LogP contribution < -0.4 is 4.74 Å². The average molecular weight is 302 g/mol. The summed E-state index contributed by atoms with van der Waals surface area (Å²) in [5.74, 6) is 0.704. The second-order valence-electron chi connectivity index (χ2n) is 6.37. The standard InChI is InChI=1S/C13H17Cl2N3O/c1-12(2)7-4-5-13(12,3)8(6-7)19-11-17-9(14)16-10(15)18-11/h7-8H,4-6H2,1-3H3. The van der Waals surface area contributed by atoms with Gasteiger partial charge in [-0.2, -0.15) is 15.0 Å². The molecule has 2 aliphatic rings. The lowest BCUT2D eigenvalue weighted by Crippen LogP contribution is -2.39. The van der Waals surface area contributed by atoms with Crippen LogP contribution in [0.2, 0.25) is 10.6 Å². The van der Waals surface area contributed by atoms with Crippen LogP contribution in [0.1, 0.15) is 40.0 Å². The average Bonchev–Trinajstić information content (AvgIpc) is 2.60. The highest BCUT2D eigenvalue weighted by molar-refractivity contribution is 6.31. The van der Waals surface area contributed by atoms with Crippen molar-refractivity contribution in [1.29, 1.82) is 0 Å². The first kappa shape index (κ1) is 13.4. The van der Waals surface area contributed by atoms with Crippen LogP contribution in [0.4, 0.5) is 0 Å². The minimum atomic E-state index is 0.0718. The third-order valence-electron chi connectivity index (χ3n) is 5.52. The van der Waals surface area contributed by atoms with Crippen molar-refractivity contribution >= 4 is 23.2 Å². The van der Waals surface area contributed by atoms with Crippen LogP contribution in [0.25, 0.3) is 0 Å². The summed E-state index contributed by atoms with van der Waals surface area (Å²) in [6, 6.07) is 0.236. The number of ether oxygens (including phenoxy) is 1. The van der Waals surface area contributed by atoms with Crippen molar-refractivity contribution in [2.75, 3.05) is 0 Å². The zero-order valence-corrected chi connectivity index (χ0v) is 12.8. The smallest absolute Gasteiger partial charge is 0.322 e. The molecule has 19 heavy (non-hydrogen) atoms. The highest BCUT2D eigenvalue weighted by Gasteiger charge is 2.62. The number of aromatic nitrogens is 3. The number of rotatable bonds is 2. The van der Waals surface area contributed by atoms with E-state index in [1.165, 1.54) is 12.8 Å². The Bertz CT molecular complexity index is 502. The molecule has 2 aliphatic carbocycles. The summed E-state index contributed by atoms with van der Waals surface area (Å²) in [5.41, 5.74) is 0.446. The van der Waals surface area contributed by atoms with Gasteiger partial charge in [0.1, 0.15) is 6.10 Å². The van der Waals surface area contributed by atoms with Gasteiger partial charge in [0.05, 0.1) is 0 Å². The van der Waals surface area contributed by atoms with Crippen LogP contribution in [0.15, 0.2) is 0 Å². The molecule has 3 rings (SSSR count). The van der Waals surface area contributed by atoms with E-state index >= 15 is 0 Å². The Hall–Kier alpha value is -0.610. The summed E-state index contributed by atoms with van der Waals surface area (Å²) in [6.07, 6.45) is 3.63. The fourth-order valence-electron chi connectivity index (χ4n) is 3.80. The van der Waals surface area contributed by atoms with Crippen molar-refractivity contribution in [1.82, 2.24) is 15.0 Å². The molecular formula is C13H17Cl2N3O. The molecule has 3 unspecified atom stereocenters. The summed E-state index contributed by atoms with van der Waals surface area (Å²) in [7, 11) is 0. The minimum Gasteiger partial charge on any atom is -0.459 e. The first-order valence-electron chi connectivity index (χ1n) is 6.57. The topological polar surface area (TPSA) is 47.9 Å². The maximum Gasteiger partial charge on any atom is 0.322 e. The summed E-state index contributed by atoms with van der Waals surface area (Å²) in [6.45, 7) is 6.97. The molecule has 1 aromatic rings. The van der Waals surface area contributed by atoms with Crippen molar-refractivity contribution in [3.8, 4) is 6.01 Å². The number of halogens is 2. The van der Waals surface area contributed by atoms with Gasteiger partial charge in [-0.25, -0.2) is 0 Å². The molecular weight excluding hydrogens is 285 g/mol. The fourth-order valence-corrected chi connectivity index (χ4v) is 4.15. The molecule has 104 valence electrons. The maximum atomic E-state index is 5.98. The maximum absolute atomic E-state index is 5.98. The Morgan fingerprint density at radius 2 is 1.74 bits per heavy atom. The Balaban J connectivity index is 1.86. The van der Waals surface area contributed by atoms with E-state index < -0.39 is 0 Å². The van der Waals surface area contributed by atoms with Gasteiger partial charge in [-0.3, -0.25) is 0 Å². The molecule has 0 radical (unpaired) electrons. The molecule has 0 saturated heterocycles. The Morgan fingerprint density at radius 3 is 2.21 bits per heavy atom. The van der Waals surface area contributed by atoms with Crippen LogP contribution in [0, 0.1) is 16.7 Å². The predicted octanol–water partition coefficient (Wildman–Crippen LogP) is 3.77. The van der Waals surface area contributed by atoms with E-state index in [1.54, 1.807) is 0 Å². The van der Waals surface area contributed by atoms with Crippen molar-refractivity contribution in [2.45, 2.75) is 46.1 Å². The molecule has 6 heteroatoms. The molecule has 0 N–H and O–H groups in total. The van der Waals surface area contributed by atoms with Crippen molar-refractivity contribution in [2.24, 2.45) is 16.7 Å². The van der Waals surface area contributed by atoms with Gasteiger partial charge >= 0.3 is 6.01 Å². The van der Waals surface area contributed by atoms with Crippen LogP contribution in [-0.4, -0.2) is 21.1 Å². The molecule has 2 bridgehead atoms. The summed E-state index contributed by atoms with van der Waals surface area (Å²) < 4.78 is 5.98. The molecule has 4 nitrogen and oxygen atoms in total. The molecule has 1 aromatic heterocycles. The van der Waals surface area contributed by atoms with Crippen LogP contribution in [0.5, 0.6) is 6.01 Å². The third-order valence-corrected chi connectivity index (χ3v) is 5.86. The largest absolute Gasteiger partial charge is 0.459 e. The second-order valence-corrected chi connectivity index (χ2v) is 7.05. The number of hydrogen-bond acceptors (Lipinski definition) is 4. The molecule has 0 spiro atoms. The zero-order chi connectivity index (χ0) is 13.8. The van der Waals surface area contributed by atoms with Gasteiger partial charge in [0.2, 0.25) is 10.6 Å². The molecule has 3 atom stereocenters. The van der Waals surface area contributed by atoms with Crippen molar-refractivity contribution < 1.29 is 4.74 Å². The quantitative estimate of drug-likeness (QED) is 0.834. The lowest BCUT2D eigenvalue weighted by molar-refractivity contribution is 0.0240. The molecule has 1 heterocycles. The molecule has 0 amide bonds. The van der Waals surface area contributed by atoms with E-state index in [9.17, 15) is 0 Å². The van der Waals surface area contributed by atoms with Crippen molar-refractivity contribution in [3.05, 3.63) is 10.6 Å². The highest BCUT2D eigenvalue weighted by Crippen LogP contribution is 2.66. The second kappa shape index (κ2) is 4.19. The zero-order valence-electron chi connectivity index (χ0n) is 11.3. The van der Waals surface area contributed by atoms with Gasteiger partial charge < -0.3 is 4.74 Å². The van der Waals surface area contributed by atoms with E-state index in [1.807, 2.05) is 0 Å². The number of fused-ring (bicyclic) bond motifs is 2. The van der Waals surface area contributed by atoms with Crippen molar-refractivity contribution in [3.63, 3.8) is 0 Å². The van der Waals surface area contributed by atoms with Crippen LogP contribution >= 0.6 is 23.2 Å². The highest BCUT2D eigenvalue weighted by atomic mass is 35.5. The lowest BCUT2D eigenvalue weighted by atomic mass is 9.70. The number of hydrogen-bond donors (Lipinski definition) is 0. The van der Waals surface area contributed by atoms with Crippen LogP contribution in [-0.2, 0) is 0 Å². The SMILES string of the molecule is CC1(C)C2CCC1(C)C(Oc1nc(Cl)nc(Cl)n1)C2. The molecule has 0 aliphatic heterocycles. The minimum absolute atomic E-state index is 0.0718. The van der Waals surface area contributed by atoms with E-state index in [0.29, 0.717) is 5.92 Å². The number of nitrogens with zero attached hydrogens (tertiary/aromatic N) is 3. The van der Waals surface area contributed by atoms with Gasteiger partial charge in [0, 0.05) is 5.41 Å². The fraction of sp³-hybridized carbons (Fsp3) is 0.769. The molecule has 2 saturated carbocycles. The van der Waals surface area contributed by atoms with E-state index in [-0.39, 0.29) is 33.5 Å². The first-order valence-corrected chi connectivity index (χ1v) is 7.32. The Morgan fingerprint density at radius 1 is 1.11 bits per heavy atom. The summed E-state index contributed by atoms with van der Waals surface area (Å²) in [4.78, 5) is 11.7. The Kier molecular flexibility index (Phi) is 2.95. The normalized spacial score (nSPS) is 35.6. The lowest BCUT2D eigenvalue weighted by Gasteiger charge is -2.38. The van der Waals surface area contributed by atoms with Gasteiger partial charge in [-0.05, 0) is 53.8 Å². The summed E-state index contributed by atoms with van der Waals surface area (Å²) in [5, 5.41) is 0.144. The van der Waals surface area contributed by atoms with Gasteiger partial charge in [-0.15, -0.1) is 0 Å². The van der Waals surface area contributed by atoms with Gasteiger partial charge in [0.25, 0.3) is 0 Å². The first-order chi connectivity index (χ1) is 8.83.